The molecule has 5 rings (SSSR count). The lowest BCUT2D eigenvalue weighted by molar-refractivity contribution is 0.627. The molecule has 0 fully saturated rings. The largest absolute Gasteiger partial charge is 0.361 e. The Labute approximate surface area is 164 Å². The Kier molecular flexibility index (Phi) is 3.88. The second kappa shape index (κ2) is 6.43. The molecule has 1 aromatic heterocycles. The number of rotatable bonds is 2. The summed E-state index contributed by atoms with van der Waals surface area (Å²) in [4.78, 5) is 7.62. The molecule has 4 aromatic rings. The van der Waals surface area contributed by atoms with Crippen molar-refractivity contribution < 1.29 is 8.78 Å². The van der Waals surface area contributed by atoms with Crippen LogP contribution in [0.3, 0.4) is 0 Å². The summed E-state index contributed by atoms with van der Waals surface area (Å²) < 4.78 is 27.9. The highest BCUT2D eigenvalue weighted by Crippen LogP contribution is 2.41. The first-order valence-corrected chi connectivity index (χ1v) is 9.09. The van der Waals surface area contributed by atoms with Crippen molar-refractivity contribution in [3.63, 3.8) is 0 Å². The molecule has 0 aliphatic carbocycles. The fourth-order valence-corrected chi connectivity index (χ4v) is 3.74. The number of aromatic amines is 1. The average Bonchev–Trinajstić information content (AvgIpc) is 3.28. The molecule has 0 bridgehead atoms. The van der Waals surface area contributed by atoms with Gasteiger partial charge in [-0.15, -0.1) is 0 Å². The summed E-state index contributed by atoms with van der Waals surface area (Å²) in [6, 6.07) is 16.5. The predicted molar refractivity (Wildman–Crippen MR) is 110 cm³/mol. The number of aromatic nitrogens is 1. The van der Waals surface area contributed by atoms with Crippen LogP contribution in [0.25, 0.3) is 22.0 Å². The third-order valence-corrected chi connectivity index (χ3v) is 5.15. The van der Waals surface area contributed by atoms with Crippen LogP contribution in [0.15, 0.2) is 71.9 Å². The summed E-state index contributed by atoms with van der Waals surface area (Å²) in [5.74, 6) is -0.650. The maximum Gasteiger partial charge on any atom is 0.123 e. The summed E-state index contributed by atoms with van der Waals surface area (Å²) in [7, 11) is 0. The minimum absolute atomic E-state index is 0.319. The van der Waals surface area contributed by atoms with Crippen LogP contribution in [0.4, 0.5) is 14.5 Å². The van der Waals surface area contributed by atoms with Crippen molar-refractivity contribution in [1.29, 1.82) is 0 Å². The Balaban J connectivity index is 1.85. The molecule has 5 heteroatoms. The number of nitrogens with zero attached hydrogens (tertiary/aromatic N) is 1. The van der Waals surface area contributed by atoms with Gasteiger partial charge in [0.15, 0.2) is 0 Å². The van der Waals surface area contributed by atoms with E-state index in [0.717, 1.165) is 33.2 Å². The fourth-order valence-electron chi connectivity index (χ4n) is 3.61. The molecule has 2 nitrogen and oxygen atoms in total. The van der Waals surface area contributed by atoms with E-state index >= 15 is 0 Å². The summed E-state index contributed by atoms with van der Waals surface area (Å²) in [5.41, 5.74) is 5.54. The van der Waals surface area contributed by atoms with Gasteiger partial charge in [-0.3, -0.25) is 4.99 Å². The molecule has 0 saturated carbocycles. The number of halogens is 3. The van der Waals surface area contributed by atoms with E-state index in [0.29, 0.717) is 16.3 Å². The number of H-pyrrole nitrogens is 1. The lowest BCUT2D eigenvalue weighted by atomic mass is 9.90. The van der Waals surface area contributed by atoms with Crippen LogP contribution in [-0.2, 0) is 0 Å². The van der Waals surface area contributed by atoms with Crippen LogP contribution < -0.4 is 0 Å². The molecular formula is C23H13ClF2N2. The SMILES string of the molecule is Fc1ccc2c(c1)/C(=C(\c1ccc(Cl)cc1)c1c[nH]c3ccc(F)cc13)C=N2. The van der Waals surface area contributed by atoms with Gasteiger partial charge in [-0.2, -0.15) is 0 Å². The molecule has 0 saturated heterocycles. The predicted octanol–water partition coefficient (Wildman–Crippen LogP) is 6.77. The normalized spacial score (nSPS) is 14.5. The van der Waals surface area contributed by atoms with Gasteiger partial charge in [0.05, 0.1) is 5.69 Å². The van der Waals surface area contributed by atoms with Crippen LogP contribution in [-0.4, -0.2) is 11.2 Å². The zero-order valence-electron chi connectivity index (χ0n) is 14.5. The molecule has 3 aromatic carbocycles. The number of aliphatic imine (C=N–C) groups is 1. The number of hydrogen-bond donors (Lipinski definition) is 1. The first kappa shape index (κ1) is 16.9. The van der Waals surface area contributed by atoms with E-state index in [9.17, 15) is 8.78 Å². The third kappa shape index (κ3) is 2.74. The summed E-state index contributed by atoms with van der Waals surface area (Å²) in [5, 5.41) is 1.36. The lowest BCUT2D eigenvalue weighted by Gasteiger charge is -2.12. The van der Waals surface area contributed by atoms with Crippen molar-refractivity contribution in [2.45, 2.75) is 0 Å². The summed E-state index contributed by atoms with van der Waals surface area (Å²) in [6.07, 6.45) is 3.57. The maximum absolute atomic E-state index is 14.0. The fraction of sp³-hybridized carbons (Fsp3) is 0. The molecule has 0 unspecified atom stereocenters. The molecular weight excluding hydrogens is 378 g/mol. The Morgan fingerprint density at radius 3 is 2.46 bits per heavy atom. The summed E-state index contributed by atoms with van der Waals surface area (Å²) in [6.45, 7) is 0. The van der Waals surface area contributed by atoms with E-state index in [1.165, 1.54) is 24.3 Å². The minimum Gasteiger partial charge on any atom is -0.361 e. The Hall–Kier alpha value is -3.24. The number of hydrogen-bond acceptors (Lipinski definition) is 1. The van der Waals surface area contributed by atoms with Crippen molar-refractivity contribution in [3.8, 4) is 0 Å². The Morgan fingerprint density at radius 1 is 0.893 bits per heavy atom. The van der Waals surface area contributed by atoms with Crippen LogP contribution in [0.1, 0.15) is 16.7 Å². The van der Waals surface area contributed by atoms with Crippen molar-refractivity contribution in [3.05, 3.63) is 100 Å². The van der Waals surface area contributed by atoms with E-state index in [1.807, 2.05) is 18.3 Å². The average molecular weight is 391 g/mol. The van der Waals surface area contributed by atoms with Crippen LogP contribution in [0.2, 0.25) is 5.02 Å². The van der Waals surface area contributed by atoms with Crippen LogP contribution in [0, 0.1) is 11.6 Å². The van der Waals surface area contributed by atoms with Crippen molar-refractivity contribution >= 4 is 45.6 Å². The second-order valence-corrected chi connectivity index (χ2v) is 7.04. The van der Waals surface area contributed by atoms with Gasteiger partial charge in [0, 0.05) is 50.6 Å². The van der Waals surface area contributed by atoms with Gasteiger partial charge in [-0.05, 0) is 54.1 Å². The topological polar surface area (TPSA) is 28.1 Å². The quantitative estimate of drug-likeness (QED) is 0.391. The van der Waals surface area contributed by atoms with Gasteiger partial charge in [-0.1, -0.05) is 23.7 Å². The molecule has 28 heavy (non-hydrogen) atoms. The molecule has 0 amide bonds. The van der Waals surface area contributed by atoms with Gasteiger partial charge in [0.2, 0.25) is 0 Å². The van der Waals surface area contributed by atoms with E-state index in [2.05, 4.69) is 9.98 Å². The zero-order valence-corrected chi connectivity index (χ0v) is 15.3. The van der Waals surface area contributed by atoms with Crippen LogP contribution >= 0.6 is 11.6 Å². The van der Waals surface area contributed by atoms with Gasteiger partial charge >= 0.3 is 0 Å². The van der Waals surface area contributed by atoms with E-state index < -0.39 is 0 Å². The smallest absolute Gasteiger partial charge is 0.123 e. The first-order valence-electron chi connectivity index (χ1n) is 8.71. The van der Waals surface area contributed by atoms with E-state index in [-0.39, 0.29) is 11.6 Å². The highest BCUT2D eigenvalue weighted by atomic mass is 35.5. The standard InChI is InChI=1S/C23H13ClF2N2/c24-14-3-1-13(2-4-14)23(19-11-27-21-7-5-15(25)9-17(19)21)20-12-28-22-8-6-16(26)10-18(20)22/h1-12,27H/b23-20+. The van der Waals surface area contributed by atoms with E-state index in [4.69, 9.17) is 11.6 Å². The summed E-state index contributed by atoms with van der Waals surface area (Å²) >= 11 is 6.07. The highest BCUT2D eigenvalue weighted by molar-refractivity contribution is 6.31. The monoisotopic (exact) mass is 390 g/mol. The minimum atomic E-state index is -0.331. The Morgan fingerprint density at radius 2 is 1.64 bits per heavy atom. The van der Waals surface area contributed by atoms with Gasteiger partial charge < -0.3 is 4.98 Å². The van der Waals surface area contributed by atoms with Crippen molar-refractivity contribution in [1.82, 2.24) is 4.98 Å². The Bertz CT molecular complexity index is 1280. The molecule has 0 atom stereocenters. The first-order chi connectivity index (χ1) is 13.6. The second-order valence-electron chi connectivity index (χ2n) is 6.61. The van der Waals surface area contributed by atoms with Crippen molar-refractivity contribution in [2.24, 2.45) is 4.99 Å². The molecule has 1 aliphatic heterocycles. The number of nitrogens with one attached hydrogen (secondary N) is 1. The molecule has 1 N–H and O–H groups in total. The lowest BCUT2D eigenvalue weighted by Crippen LogP contribution is -1.94. The third-order valence-electron chi connectivity index (χ3n) is 4.90. The van der Waals surface area contributed by atoms with E-state index in [1.54, 1.807) is 30.5 Å². The number of benzene rings is 3. The van der Waals surface area contributed by atoms with Gasteiger partial charge in [-0.25, -0.2) is 8.78 Å². The van der Waals surface area contributed by atoms with Crippen LogP contribution in [0.5, 0.6) is 0 Å². The zero-order chi connectivity index (χ0) is 19.3. The molecule has 0 spiro atoms. The molecule has 136 valence electrons. The van der Waals surface area contributed by atoms with Gasteiger partial charge in [0.1, 0.15) is 11.6 Å². The maximum atomic E-state index is 14.0. The number of allylic oxidation sites excluding steroid dienone is 1. The molecule has 1 aliphatic rings. The van der Waals surface area contributed by atoms with Gasteiger partial charge in [0.25, 0.3) is 0 Å². The highest BCUT2D eigenvalue weighted by Gasteiger charge is 2.22. The molecule has 0 radical (unpaired) electrons. The van der Waals surface area contributed by atoms with Crippen molar-refractivity contribution in [2.75, 3.05) is 0 Å². The number of fused-ring (bicyclic) bond motifs is 2. The molecule has 2 heterocycles.